The second-order valence-corrected chi connectivity index (χ2v) is 6.30. The minimum atomic E-state index is 0.0106. The van der Waals surface area contributed by atoms with Crippen molar-refractivity contribution >= 4 is 22.2 Å². The minimum absolute atomic E-state index is 0.0106. The van der Waals surface area contributed by atoms with Gasteiger partial charge in [0.1, 0.15) is 5.75 Å². The number of aliphatic hydroxyl groups is 1. The summed E-state index contributed by atoms with van der Waals surface area (Å²) in [6.45, 7) is 5.09. The third-order valence-electron chi connectivity index (χ3n) is 4.01. The summed E-state index contributed by atoms with van der Waals surface area (Å²) < 4.78 is 5.21. The fourth-order valence-corrected chi connectivity index (χ4v) is 3.72. The van der Waals surface area contributed by atoms with E-state index in [1.165, 1.54) is 5.69 Å². The van der Waals surface area contributed by atoms with Gasteiger partial charge in [-0.1, -0.05) is 0 Å². The van der Waals surface area contributed by atoms with Crippen LogP contribution >= 0.6 is 11.3 Å². The van der Waals surface area contributed by atoms with Gasteiger partial charge in [0.15, 0.2) is 5.13 Å². The number of hydrogen-bond acceptors (Lipinski definition) is 6. The van der Waals surface area contributed by atoms with Gasteiger partial charge in [-0.25, -0.2) is 4.98 Å². The molecule has 22 heavy (non-hydrogen) atoms. The summed E-state index contributed by atoms with van der Waals surface area (Å²) in [6, 6.07) is 8.60. The second-order valence-electron chi connectivity index (χ2n) is 5.47. The van der Waals surface area contributed by atoms with Gasteiger partial charge in [0.2, 0.25) is 0 Å². The monoisotopic (exact) mass is 319 g/mol. The normalized spacial score (nSPS) is 18.6. The molecule has 0 spiro atoms. The number of anilines is 2. The van der Waals surface area contributed by atoms with E-state index in [9.17, 15) is 0 Å². The molecule has 0 radical (unpaired) electrons. The molecule has 0 saturated carbocycles. The van der Waals surface area contributed by atoms with Crippen LogP contribution in [0, 0.1) is 0 Å². The molecule has 1 aliphatic heterocycles. The van der Waals surface area contributed by atoms with Crippen LogP contribution in [0.25, 0.3) is 0 Å². The first-order chi connectivity index (χ1) is 10.7. The van der Waals surface area contributed by atoms with Gasteiger partial charge < -0.3 is 19.6 Å². The van der Waals surface area contributed by atoms with Crippen molar-refractivity contribution in [2.45, 2.75) is 19.6 Å². The predicted molar refractivity (Wildman–Crippen MR) is 90.1 cm³/mol. The Morgan fingerprint density at radius 1 is 1.32 bits per heavy atom. The molecule has 6 heteroatoms. The molecular formula is C16H21N3O2S. The molecule has 1 aromatic carbocycles. The summed E-state index contributed by atoms with van der Waals surface area (Å²) in [5, 5.41) is 12.1. The highest BCUT2D eigenvalue weighted by atomic mass is 32.1. The van der Waals surface area contributed by atoms with Gasteiger partial charge in [-0.3, -0.25) is 0 Å². The maximum Gasteiger partial charge on any atom is 0.185 e. The fraction of sp³-hybridized carbons (Fsp3) is 0.438. The molecule has 3 rings (SSSR count). The molecule has 2 heterocycles. The summed E-state index contributed by atoms with van der Waals surface area (Å²) in [6.07, 6.45) is 0. The first-order valence-electron chi connectivity index (χ1n) is 7.42. The highest BCUT2D eigenvalue weighted by molar-refractivity contribution is 7.13. The molecule has 5 nitrogen and oxygen atoms in total. The Balaban J connectivity index is 1.68. The lowest BCUT2D eigenvalue weighted by atomic mass is 10.1. The van der Waals surface area contributed by atoms with Crippen molar-refractivity contribution in [1.82, 2.24) is 4.98 Å². The molecule has 0 amide bonds. The smallest absolute Gasteiger partial charge is 0.185 e. The summed E-state index contributed by atoms with van der Waals surface area (Å²) in [4.78, 5) is 9.20. The van der Waals surface area contributed by atoms with Gasteiger partial charge in [0.05, 0.1) is 19.4 Å². The number of hydrogen-bond donors (Lipinski definition) is 1. The van der Waals surface area contributed by atoms with Crippen LogP contribution in [-0.4, -0.2) is 42.9 Å². The zero-order chi connectivity index (χ0) is 15.5. The first kappa shape index (κ1) is 15.1. The standard InChI is InChI=1S/C16H21N3O2S/c1-12-9-18(14-3-5-15(21-2)6-4-14)7-8-19(12)16-17-13(10-20)11-22-16/h3-6,11-12,20H,7-10H2,1-2H3. The fourth-order valence-electron chi connectivity index (χ4n) is 2.77. The topological polar surface area (TPSA) is 48.8 Å². The van der Waals surface area contributed by atoms with E-state index in [1.807, 2.05) is 17.5 Å². The Kier molecular flexibility index (Phi) is 4.49. The number of nitrogens with zero attached hydrogens (tertiary/aromatic N) is 3. The third-order valence-corrected chi connectivity index (χ3v) is 4.94. The van der Waals surface area contributed by atoms with E-state index in [-0.39, 0.29) is 6.61 Å². The third kappa shape index (κ3) is 3.03. The Labute approximate surface area is 134 Å². The van der Waals surface area contributed by atoms with Crippen molar-refractivity contribution in [2.24, 2.45) is 0 Å². The van der Waals surface area contributed by atoms with Crippen LogP contribution in [0.5, 0.6) is 5.75 Å². The van der Waals surface area contributed by atoms with Crippen molar-refractivity contribution in [3.63, 3.8) is 0 Å². The Morgan fingerprint density at radius 2 is 2.09 bits per heavy atom. The Bertz CT molecular complexity index is 614. The highest BCUT2D eigenvalue weighted by Crippen LogP contribution is 2.27. The number of ether oxygens (including phenoxy) is 1. The molecule has 1 saturated heterocycles. The quantitative estimate of drug-likeness (QED) is 0.937. The number of aromatic nitrogens is 1. The van der Waals surface area contributed by atoms with E-state index in [2.05, 4.69) is 33.8 Å². The van der Waals surface area contributed by atoms with E-state index < -0.39 is 0 Å². The van der Waals surface area contributed by atoms with Crippen LogP contribution in [0.4, 0.5) is 10.8 Å². The van der Waals surface area contributed by atoms with E-state index in [1.54, 1.807) is 18.4 Å². The largest absolute Gasteiger partial charge is 0.497 e. The average molecular weight is 319 g/mol. The number of aliphatic hydroxyl groups excluding tert-OH is 1. The Morgan fingerprint density at radius 3 is 2.68 bits per heavy atom. The molecular weight excluding hydrogens is 298 g/mol. The molecule has 0 aliphatic carbocycles. The van der Waals surface area contributed by atoms with Gasteiger partial charge in [0, 0.05) is 36.7 Å². The molecule has 118 valence electrons. The van der Waals surface area contributed by atoms with Gasteiger partial charge in [0.25, 0.3) is 0 Å². The van der Waals surface area contributed by atoms with Crippen molar-refractivity contribution in [3.05, 3.63) is 35.3 Å². The lowest BCUT2D eigenvalue weighted by Crippen LogP contribution is -2.52. The number of thiazole rings is 1. The number of methoxy groups -OCH3 is 1. The van der Waals surface area contributed by atoms with Gasteiger partial charge in [-0.05, 0) is 31.2 Å². The van der Waals surface area contributed by atoms with E-state index in [0.29, 0.717) is 6.04 Å². The van der Waals surface area contributed by atoms with Crippen LogP contribution in [0.3, 0.4) is 0 Å². The Hall–Kier alpha value is -1.79. The number of benzene rings is 1. The molecule has 1 aromatic heterocycles. The average Bonchev–Trinajstić information content (AvgIpc) is 3.03. The maximum absolute atomic E-state index is 9.16. The van der Waals surface area contributed by atoms with Gasteiger partial charge in [-0.15, -0.1) is 11.3 Å². The van der Waals surface area contributed by atoms with E-state index in [0.717, 1.165) is 36.2 Å². The van der Waals surface area contributed by atoms with Crippen molar-refractivity contribution in [1.29, 1.82) is 0 Å². The van der Waals surface area contributed by atoms with E-state index in [4.69, 9.17) is 9.84 Å². The highest BCUT2D eigenvalue weighted by Gasteiger charge is 2.25. The predicted octanol–water partition coefficient (Wildman–Crippen LogP) is 2.36. The number of rotatable bonds is 4. The SMILES string of the molecule is COc1ccc(N2CCN(c3nc(CO)cs3)C(C)C2)cc1. The minimum Gasteiger partial charge on any atom is -0.497 e. The first-order valence-corrected chi connectivity index (χ1v) is 8.30. The zero-order valence-electron chi connectivity index (χ0n) is 12.9. The zero-order valence-corrected chi connectivity index (χ0v) is 13.7. The summed E-state index contributed by atoms with van der Waals surface area (Å²) >= 11 is 1.61. The van der Waals surface area contributed by atoms with Gasteiger partial charge >= 0.3 is 0 Å². The van der Waals surface area contributed by atoms with Crippen LogP contribution in [0.1, 0.15) is 12.6 Å². The maximum atomic E-state index is 9.16. The van der Waals surface area contributed by atoms with Crippen LogP contribution in [0.15, 0.2) is 29.6 Å². The van der Waals surface area contributed by atoms with E-state index >= 15 is 0 Å². The molecule has 1 unspecified atom stereocenters. The lowest BCUT2D eigenvalue weighted by Gasteiger charge is -2.41. The molecule has 2 aromatic rings. The molecule has 1 N–H and O–H groups in total. The van der Waals surface area contributed by atoms with Crippen molar-refractivity contribution in [3.8, 4) is 5.75 Å². The van der Waals surface area contributed by atoms with Crippen LogP contribution < -0.4 is 14.5 Å². The summed E-state index contributed by atoms with van der Waals surface area (Å²) in [7, 11) is 1.69. The number of piperazine rings is 1. The molecule has 0 bridgehead atoms. The van der Waals surface area contributed by atoms with Crippen LogP contribution in [0.2, 0.25) is 0 Å². The lowest BCUT2D eigenvalue weighted by molar-refractivity contribution is 0.277. The van der Waals surface area contributed by atoms with Crippen molar-refractivity contribution in [2.75, 3.05) is 36.5 Å². The molecule has 1 fully saturated rings. The van der Waals surface area contributed by atoms with Crippen LogP contribution in [-0.2, 0) is 6.61 Å². The molecule has 1 atom stereocenters. The molecule has 1 aliphatic rings. The summed E-state index contributed by atoms with van der Waals surface area (Å²) in [5.41, 5.74) is 1.98. The van der Waals surface area contributed by atoms with Crippen molar-refractivity contribution < 1.29 is 9.84 Å². The van der Waals surface area contributed by atoms with Gasteiger partial charge in [-0.2, -0.15) is 0 Å². The summed E-state index contributed by atoms with van der Waals surface area (Å²) in [5.74, 6) is 0.884. The second kappa shape index (κ2) is 6.54.